The van der Waals surface area contributed by atoms with E-state index in [0.717, 1.165) is 34.8 Å². The van der Waals surface area contributed by atoms with Crippen LogP contribution < -0.4 is 5.32 Å². The lowest BCUT2D eigenvalue weighted by Crippen LogP contribution is -2.29. The highest BCUT2D eigenvalue weighted by molar-refractivity contribution is 5.80. The Morgan fingerprint density at radius 1 is 1.21 bits per heavy atom. The molecule has 0 unspecified atom stereocenters. The van der Waals surface area contributed by atoms with E-state index < -0.39 is 0 Å². The molecule has 0 saturated carbocycles. The van der Waals surface area contributed by atoms with Crippen molar-refractivity contribution >= 4 is 17.0 Å². The highest BCUT2D eigenvalue weighted by atomic mass is 15.1. The average molecular weight is 323 g/mol. The Labute approximate surface area is 143 Å². The number of H-pyrrole nitrogens is 1. The molecule has 2 N–H and O–H groups in total. The number of nitrogens with zero attached hydrogens (tertiary/aromatic N) is 3. The zero-order valence-electron chi connectivity index (χ0n) is 14.3. The van der Waals surface area contributed by atoms with Crippen molar-refractivity contribution < 1.29 is 0 Å². The molecule has 0 bridgehead atoms. The minimum absolute atomic E-state index is 0.812. The van der Waals surface area contributed by atoms with Crippen LogP contribution in [0, 0.1) is 0 Å². The van der Waals surface area contributed by atoms with Gasteiger partial charge in [0.15, 0.2) is 0 Å². The Hall–Kier alpha value is -2.40. The molecule has 0 radical (unpaired) electrons. The zero-order chi connectivity index (χ0) is 16.9. The first-order valence-corrected chi connectivity index (χ1v) is 8.45. The summed E-state index contributed by atoms with van der Waals surface area (Å²) < 4.78 is 0. The molecule has 126 valence electrons. The summed E-state index contributed by atoms with van der Waals surface area (Å²) in [6.07, 6.45) is 9.49. The average Bonchev–Trinajstić information content (AvgIpc) is 3.04. The van der Waals surface area contributed by atoms with Gasteiger partial charge in [0.25, 0.3) is 0 Å². The Kier molecular flexibility index (Phi) is 5.11. The first-order chi connectivity index (χ1) is 11.6. The van der Waals surface area contributed by atoms with Crippen LogP contribution >= 0.6 is 0 Å². The minimum atomic E-state index is 0.812. The van der Waals surface area contributed by atoms with Gasteiger partial charge in [0.2, 0.25) is 0 Å². The summed E-state index contributed by atoms with van der Waals surface area (Å²) >= 11 is 0. The summed E-state index contributed by atoms with van der Waals surface area (Å²) in [5, 5.41) is 10.3. The van der Waals surface area contributed by atoms with Crippen molar-refractivity contribution in [3.63, 3.8) is 0 Å². The van der Waals surface area contributed by atoms with Crippen molar-refractivity contribution in [2.24, 2.45) is 0 Å². The van der Waals surface area contributed by atoms with Crippen LogP contribution in [-0.4, -0.2) is 33.2 Å². The normalized spacial score (nSPS) is 15.2. The lowest BCUT2D eigenvalue weighted by atomic mass is 10.1. The number of rotatable bonds is 6. The van der Waals surface area contributed by atoms with Gasteiger partial charge < -0.3 is 5.32 Å². The molecule has 2 aromatic rings. The standard InChI is InChI=1S/C19H25N5/c1-14(2)19-18(12-21-23-19)22-15(3)17-9-16(10-20-11-17)13-24-7-5-4-6-8-24/h9-12,22H,1,3-8,13H2,2H3,(H,21,23). The molecule has 0 spiro atoms. The first kappa shape index (κ1) is 16.5. The largest absolute Gasteiger partial charge is 0.352 e. The van der Waals surface area contributed by atoms with Crippen LogP contribution in [0.5, 0.6) is 0 Å². The molecule has 2 aromatic heterocycles. The van der Waals surface area contributed by atoms with Crippen LogP contribution in [0.25, 0.3) is 11.3 Å². The number of likely N-dealkylation sites (tertiary alicyclic amines) is 1. The molecule has 1 aliphatic rings. The maximum atomic E-state index is 4.39. The molecule has 24 heavy (non-hydrogen) atoms. The van der Waals surface area contributed by atoms with Crippen LogP contribution in [0.4, 0.5) is 5.69 Å². The van der Waals surface area contributed by atoms with Gasteiger partial charge in [-0.3, -0.25) is 15.0 Å². The molecule has 5 nitrogen and oxygen atoms in total. The molecule has 1 fully saturated rings. The predicted molar refractivity (Wildman–Crippen MR) is 99.3 cm³/mol. The monoisotopic (exact) mass is 323 g/mol. The number of hydrogen-bond acceptors (Lipinski definition) is 4. The van der Waals surface area contributed by atoms with Crippen LogP contribution in [0.15, 0.2) is 37.8 Å². The van der Waals surface area contributed by atoms with Crippen molar-refractivity contribution in [3.8, 4) is 0 Å². The third kappa shape index (κ3) is 3.92. The maximum Gasteiger partial charge on any atom is 0.0845 e. The fraction of sp³-hybridized carbons (Fsp3) is 0.368. The molecular weight excluding hydrogens is 298 g/mol. The number of pyridine rings is 1. The Bertz CT molecular complexity index is 725. The van der Waals surface area contributed by atoms with Gasteiger partial charge in [-0.25, -0.2) is 0 Å². The van der Waals surface area contributed by atoms with E-state index in [1.165, 1.54) is 37.9 Å². The summed E-state index contributed by atoms with van der Waals surface area (Å²) in [6.45, 7) is 13.4. The molecule has 0 aromatic carbocycles. The second-order valence-corrected chi connectivity index (χ2v) is 6.46. The fourth-order valence-electron chi connectivity index (χ4n) is 3.06. The Morgan fingerprint density at radius 2 is 2.00 bits per heavy atom. The summed E-state index contributed by atoms with van der Waals surface area (Å²) in [5.41, 5.74) is 5.75. The summed E-state index contributed by atoms with van der Waals surface area (Å²) in [6, 6.07) is 2.16. The van der Waals surface area contributed by atoms with Crippen LogP contribution in [0.3, 0.4) is 0 Å². The molecule has 0 aliphatic carbocycles. The third-order valence-corrected chi connectivity index (χ3v) is 4.35. The van der Waals surface area contributed by atoms with E-state index in [9.17, 15) is 0 Å². The van der Waals surface area contributed by atoms with E-state index in [0.29, 0.717) is 0 Å². The second-order valence-electron chi connectivity index (χ2n) is 6.46. The summed E-state index contributed by atoms with van der Waals surface area (Å²) in [7, 11) is 0. The predicted octanol–water partition coefficient (Wildman–Crippen LogP) is 3.91. The zero-order valence-corrected chi connectivity index (χ0v) is 14.3. The summed E-state index contributed by atoms with van der Waals surface area (Å²) in [4.78, 5) is 6.89. The second kappa shape index (κ2) is 7.45. The molecule has 1 saturated heterocycles. The molecule has 3 rings (SSSR count). The molecular formula is C19H25N5. The van der Waals surface area contributed by atoms with Crippen LogP contribution in [0.1, 0.15) is 43.0 Å². The number of anilines is 1. The van der Waals surface area contributed by atoms with Crippen LogP contribution in [0.2, 0.25) is 0 Å². The highest BCUT2D eigenvalue weighted by Gasteiger charge is 2.12. The van der Waals surface area contributed by atoms with Gasteiger partial charge in [0.05, 0.1) is 17.6 Å². The van der Waals surface area contributed by atoms with Gasteiger partial charge in [-0.15, -0.1) is 0 Å². The minimum Gasteiger partial charge on any atom is -0.352 e. The van der Waals surface area contributed by atoms with E-state index in [1.54, 1.807) is 6.20 Å². The summed E-state index contributed by atoms with van der Waals surface area (Å²) in [5.74, 6) is 0. The highest BCUT2D eigenvalue weighted by Crippen LogP contribution is 2.24. The fourth-order valence-corrected chi connectivity index (χ4v) is 3.06. The van der Waals surface area contributed by atoms with E-state index in [1.807, 2.05) is 19.3 Å². The SMILES string of the molecule is C=C(Nc1cn[nH]c1C(=C)C)c1cncc(CN2CCCCC2)c1. The van der Waals surface area contributed by atoms with Crippen LogP contribution in [-0.2, 0) is 6.54 Å². The van der Waals surface area contributed by atoms with E-state index in [2.05, 4.69) is 44.6 Å². The van der Waals surface area contributed by atoms with Gasteiger partial charge in [-0.2, -0.15) is 5.10 Å². The first-order valence-electron chi connectivity index (χ1n) is 8.45. The van der Waals surface area contributed by atoms with Gasteiger partial charge in [0.1, 0.15) is 0 Å². The Morgan fingerprint density at radius 3 is 2.75 bits per heavy atom. The van der Waals surface area contributed by atoms with Crippen molar-refractivity contribution in [1.29, 1.82) is 0 Å². The smallest absolute Gasteiger partial charge is 0.0845 e. The van der Waals surface area contributed by atoms with E-state index in [-0.39, 0.29) is 0 Å². The van der Waals surface area contributed by atoms with Gasteiger partial charge in [-0.1, -0.05) is 19.6 Å². The van der Waals surface area contributed by atoms with E-state index in [4.69, 9.17) is 0 Å². The maximum absolute atomic E-state index is 4.39. The number of aromatic nitrogens is 3. The number of piperidine rings is 1. The topological polar surface area (TPSA) is 56.8 Å². The quantitative estimate of drug-likeness (QED) is 0.846. The number of aromatic amines is 1. The number of allylic oxidation sites excluding steroid dienone is 1. The third-order valence-electron chi connectivity index (χ3n) is 4.35. The number of nitrogens with one attached hydrogen (secondary N) is 2. The lowest BCUT2D eigenvalue weighted by molar-refractivity contribution is 0.220. The van der Waals surface area contributed by atoms with Gasteiger partial charge >= 0.3 is 0 Å². The lowest BCUT2D eigenvalue weighted by Gasteiger charge is -2.26. The molecule has 5 heteroatoms. The van der Waals surface area contributed by atoms with Crippen molar-refractivity contribution in [1.82, 2.24) is 20.1 Å². The molecule has 0 atom stereocenters. The van der Waals surface area contributed by atoms with Crippen molar-refractivity contribution in [2.45, 2.75) is 32.7 Å². The Balaban J connectivity index is 1.69. The van der Waals surface area contributed by atoms with E-state index >= 15 is 0 Å². The van der Waals surface area contributed by atoms with Gasteiger partial charge in [-0.05, 0) is 50.1 Å². The van der Waals surface area contributed by atoms with Crippen molar-refractivity contribution in [2.75, 3.05) is 18.4 Å². The molecule has 0 amide bonds. The molecule has 1 aliphatic heterocycles. The van der Waals surface area contributed by atoms with Crippen molar-refractivity contribution in [3.05, 3.63) is 54.6 Å². The van der Waals surface area contributed by atoms with Gasteiger partial charge in [0, 0.05) is 30.2 Å². The molecule has 3 heterocycles. The number of hydrogen-bond donors (Lipinski definition) is 2.